The lowest BCUT2D eigenvalue weighted by atomic mass is 10.1. The van der Waals surface area contributed by atoms with E-state index in [9.17, 15) is 4.79 Å². The van der Waals surface area contributed by atoms with Crippen molar-refractivity contribution in [3.05, 3.63) is 99.0 Å². The fourth-order valence-corrected chi connectivity index (χ4v) is 3.41. The molecule has 3 aromatic carbocycles. The van der Waals surface area contributed by atoms with Crippen LogP contribution in [0, 0.1) is 11.3 Å². The molecule has 0 saturated carbocycles. The maximum absolute atomic E-state index is 12.8. The van der Waals surface area contributed by atoms with Crippen molar-refractivity contribution in [3.8, 4) is 6.07 Å². The summed E-state index contributed by atoms with van der Waals surface area (Å²) in [6.07, 6.45) is 0. The molecule has 0 saturated heterocycles. The van der Waals surface area contributed by atoms with E-state index in [-0.39, 0.29) is 0 Å². The molecular weight excluding hydrogens is 393 g/mol. The fraction of sp³-hybridized carbons (Fsp3) is 0.0455. The number of nitriles is 1. The first-order chi connectivity index (χ1) is 13.6. The minimum absolute atomic E-state index is 0.309. The molecule has 6 heteroatoms. The van der Waals surface area contributed by atoms with Crippen molar-refractivity contribution in [1.29, 1.82) is 5.26 Å². The predicted molar refractivity (Wildman–Crippen MR) is 111 cm³/mol. The van der Waals surface area contributed by atoms with Crippen molar-refractivity contribution in [2.24, 2.45) is 4.99 Å². The Morgan fingerprint density at radius 1 is 1.00 bits per heavy atom. The van der Waals surface area contributed by atoms with Crippen LogP contribution in [-0.2, 0) is 6.54 Å². The molecule has 1 aliphatic rings. The van der Waals surface area contributed by atoms with Gasteiger partial charge in [0.15, 0.2) is 0 Å². The quantitative estimate of drug-likeness (QED) is 0.567. The Bertz CT molecular complexity index is 1150. The molecular formula is C22H13Cl2N3O. The van der Waals surface area contributed by atoms with Crippen LogP contribution in [0.5, 0.6) is 0 Å². The standard InChI is InChI=1S/C22H13Cl2N3O/c23-19-10-7-15(11-20(19)24)22(28)26-21-18-4-2-1-3-16(18)13-27(21)17-8-5-14(12-25)6-9-17/h1-11H,13H2. The molecule has 0 spiro atoms. The number of halogens is 2. The van der Waals surface area contributed by atoms with Crippen LogP contribution in [0.25, 0.3) is 0 Å². The summed E-state index contributed by atoms with van der Waals surface area (Å²) in [5, 5.41) is 9.72. The number of carbonyl (C=O) groups is 1. The lowest BCUT2D eigenvalue weighted by Gasteiger charge is -2.19. The summed E-state index contributed by atoms with van der Waals surface area (Å²) in [5.74, 6) is 0.167. The molecule has 1 aliphatic heterocycles. The number of amides is 1. The van der Waals surface area contributed by atoms with Crippen LogP contribution in [0.3, 0.4) is 0 Å². The average Bonchev–Trinajstić information content (AvgIpc) is 3.08. The molecule has 4 nitrogen and oxygen atoms in total. The van der Waals surface area contributed by atoms with Crippen molar-refractivity contribution in [2.75, 3.05) is 4.90 Å². The third-order valence-corrected chi connectivity index (χ3v) is 5.26. The molecule has 28 heavy (non-hydrogen) atoms. The Hall–Kier alpha value is -3.13. The number of hydrogen-bond acceptors (Lipinski definition) is 2. The molecule has 0 aromatic heterocycles. The van der Waals surface area contributed by atoms with E-state index in [0.29, 0.717) is 33.6 Å². The van der Waals surface area contributed by atoms with E-state index in [0.717, 1.165) is 16.8 Å². The summed E-state index contributed by atoms with van der Waals surface area (Å²) >= 11 is 12.0. The first-order valence-corrected chi connectivity index (χ1v) is 9.26. The lowest BCUT2D eigenvalue weighted by molar-refractivity contribution is 0.100. The summed E-state index contributed by atoms with van der Waals surface area (Å²) in [7, 11) is 0. The van der Waals surface area contributed by atoms with Crippen molar-refractivity contribution < 1.29 is 4.79 Å². The monoisotopic (exact) mass is 405 g/mol. The first kappa shape index (κ1) is 18.2. The van der Waals surface area contributed by atoms with E-state index in [1.54, 1.807) is 24.3 Å². The van der Waals surface area contributed by atoms with Gasteiger partial charge in [0.2, 0.25) is 0 Å². The number of amidine groups is 1. The van der Waals surface area contributed by atoms with Gasteiger partial charge in [-0.2, -0.15) is 10.3 Å². The second-order valence-electron chi connectivity index (χ2n) is 6.27. The minimum Gasteiger partial charge on any atom is -0.321 e. The van der Waals surface area contributed by atoms with Crippen molar-refractivity contribution in [1.82, 2.24) is 0 Å². The molecule has 0 fully saturated rings. The number of benzene rings is 3. The number of anilines is 1. The molecule has 1 amide bonds. The van der Waals surface area contributed by atoms with Gasteiger partial charge in [0.1, 0.15) is 5.84 Å². The largest absolute Gasteiger partial charge is 0.321 e. The highest BCUT2D eigenvalue weighted by molar-refractivity contribution is 6.42. The lowest BCUT2D eigenvalue weighted by Crippen LogP contribution is -2.25. The first-order valence-electron chi connectivity index (χ1n) is 8.51. The highest BCUT2D eigenvalue weighted by Crippen LogP contribution is 2.30. The topological polar surface area (TPSA) is 56.5 Å². The highest BCUT2D eigenvalue weighted by Gasteiger charge is 2.27. The summed E-state index contributed by atoms with van der Waals surface area (Å²) in [6, 6.07) is 21.8. The number of nitrogens with zero attached hydrogens (tertiary/aromatic N) is 3. The summed E-state index contributed by atoms with van der Waals surface area (Å²) in [5.41, 5.74) is 3.78. The Kier molecular flexibility index (Phi) is 4.87. The molecule has 0 bridgehead atoms. The minimum atomic E-state index is -0.399. The van der Waals surface area contributed by atoms with Crippen LogP contribution in [0.1, 0.15) is 27.0 Å². The normalized spacial score (nSPS) is 14.0. The van der Waals surface area contributed by atoms with Gasteiger partial charge >= 0.3 is 0 Å². The molecule has 0 aliphatic carbocycles. The molecule has 1 heterocycles. The van der Waals surface area contributed by atoms with Gasteiger partial charge in [-0.3, -0.25) is 4.79 Å². The van der Waals surface area contributed by atoms with Gasteiger partial charge in [0.05, 0.1) is 28.2 Å². The van der Waals surface area contributed by atoms with Crippen molar-refractivity contribution in [2.45, 2.75) is 6.54 Å². The van der Waals surface area contributed by atoms with E-state index >= 15 is 0 Å². The maximum Gasteiger partial charge on any atom is 0.279 e. The molecule has 0 N–H and O–H groups in total. The zero-order chi connectivity index (χ0) is 19.7. The van der Waals surface area contributed by atoms with Gasteiger partial charge in [-0.15, -0.1) is 0 Å². The Morgan fingerprint density at radius 2 is 1.75 bits per heavy atom. The second-order valence-corrected chi connectivity index (χ2v) is 7.09. The molecule has 0 unspecified atom stereocenters. The molecule has 4 rings (SSSR count). The van der Waals surface area contributed by atoms with Crippen LogP contribution in [0.15, 0.2) is 71.7 Å². The summed E-state index contributed by atoms with van der Waals surface area (Å²) in [4.78, 5) is 19.1. The van der Waals surface area contributed by atoms with E-state index in [1.807, 2.05) is 41.3 Å². The Morgan fingerprint density at radius 3 is 2.46 bits per heavy atom. The van der Waals surface area contributed by atoms with Gasteiger partial charge in [-0.05, 0) is 48.0 Å². The summed E-state index contributed by atoms with van der Waals surface area (Å²) in [6.45, 7) is 0.593. The van der Waals surface area contributed by atoms with Gasteiger partial charge in [-0.25, -0.2) is 0 Å². The van der Waals surface area contributed by atoms with Crippen molar-refractivity contribution in [3.63, 3.8) is 0 Å². The van der Waals surface area contributed by atoms with E-state index in [2.05, 4.69) is 11.1 Å². The van der Waals surface area contributed by atoms with Crippen molar-refractivity contribution >= 4 is 40.6 Å². The van der Waals surface area contributed by atoms with Crippen LogP contribution in [-0.4, -0.2) is 11.7 Å². The maximum atomic E-state index is 12.8. The SMILES string of the molecule is N#Cc1ccc(N2Cc3ccccc3C2=NC(=O)c2ccc(Cl)c(Cl)c2)cc1. The van der Waals surface area contributed by atoms with E-state index < -0.39 is 5.91 Å². The van der Waals surface area contributed by atoms with E-state index in [4.69, 9.17) is 28.5 Å². The van der Waals surface area contributed by atoms with E-state index in [1.165, 1.54) is 6.07 Å². The zero-order valence-corrected chi connectivity index (χ0v) is 16.1. The average molecular weight is 406 g/mol. The number of hydrogen-bond donors (Lipinski definition) is 0. The van der Waals surface area contributed by atoms with Gasteiger partial charge < -0.3 is 4.90 Å². The zero-order valence-electron chi connectivity index (χ0n) is 14.6. The fourth-order valence-electron chi connectivity index (χ4n) is 3.11. The molecule has 0 atom stereocenters. The smallest absolute Gasteiger partial charge is 0.279 e. The van der Waals surface area contributed by atoms with Gasteiger partial charge in [0.25, 0.3) is 5.91 Å². The van der Waals surface area contributed by atoms with Gasteiger partial charge in [-0.1, -0.05) is 47.5 Å². The Balaban J connectivity index is 1.77. The van der Waals surface area contributed by atoms with Crippen LogP contribution >= 0.6 is 23.2 Å². The third-order valence-electron chi connectivity index (χ3n) is 4.52. The predicted octanol–water partition coefficient (Wildman–Crippen LogP) is 5.47. The summed E-state index contributed by atoms with van der Waals surface area (Å²) < 4.78 is 0. The van der Waals surface area contributed by atoms with Crippen LogP contribution < -0.4 is 4.90 Å². The number of rotatable bonds is 2. The Labute approximate surface area is 172 Å². The van der Waals surface area contributed by atoms with Crippen LogP contribution in [0.2, 0.25) is 10.0 Å². The molecule has 0 radical (unpaired) electrons. The van der Waals surface area contributed by atoms with Gasteiger partial charge in [0, 0.05) is 16.8 Å². The number of aliphatic imine (C=N–C) groups is 1. The second kappa shape index (κ2) is 7.47. The third kappa shape index (κ3) is 3.38. The molecule has 3 aromatic rings. The van der Waals surface area contributed by atoms with Crippen LogP contribution in [0.4, 0.5) is 5.69 Å². The number of carbonyl (C=O) groups excluding carboxylic acids is 1. The highest BCUT2D eigenvalue weighted by atomic mass is 35.5. The number of fused-ring (bicyclic) bond motifs is 1. The molecule has 136 valence electrons.